The summed E-state index contributed by atoms with van der Waals surface area (Å²) >= 11 is 7.62. The Morgan fingerprint density at radius 3 is 2.44 bits per heavy atom. The van der Waals surface area contributed by atoms with Crippen molar-refractivity contribution in [2.75, 3.05) is 0 Å². The number of benzene rings is 2. The SMILES string of the molecule is CCC(N)c1ccccc1Sc1ccc(Cl)cc1. The van der Waals surface area contributed by atoms with E-state index in [1.54, 1.807) is 11.8 Å². The van der Waals surface area contributed by atoms with E-state index in [0.29, 0.717) is 0 Å². The smallest absolute Gasteiger partial charge is 0.0406 e. The van der Waals surface area contributed by atoms with Gasteiger partial charge in [-0.2, -0.15) is 0 Å². The summed E-state index contributed by atoms with van der Waals surface area (Å²) in [6.45, 7) is 2.11. The van der Waals surface area contributed by atoms with Crippen LogP contribution in [0.3, 0.4) is 0 Å². The highest BCUT2D eigenvalue weighted by atomic mass is 35.5. The van der Waals surface area contributed by atoms with Crippen molar-refractivity contribution in [2.24, 2.45) is 5.73 Å². The maximum Gasteiger partial charge on any atom is 0.0406 e. The van der Waals surface area contributed by atoms with Crippen LogP contribution in [0.25, 0.3) is 0 Å². The van der Waals surface area contributed by atoms with Gasteiger partial charge in [0, 0.05) is 20.9 Å². The summed E-state index contributed by atoms with van der Waals surface area (Å²) in [7, 11) is 0. The van der Waals surface area contributed by atoms with E-state index in [0.717, 1.165) is 11.4 Å². The lowest BCUT2D eigenvalue weighted by molar-refractivity contribution is 0.685. The minimum absolute atomic E-state index is 0.0981. The first-order chi connectivity index (χ1) is 8.70. The van der Waals surface area contributed by atoms with Gasteiger partial charge in [0.1, 0.15) is 0 Å². The van der Waals surface area contributed by atoms with E-state index in [1.165, 1.54) is 15.4 Å². The first-order valence-electron chi connectivity index (χ1n) is 5.98. The topological polar surface area (TPSA) is 26.0 Å². The largest absolute Gasteiger partial charge is 0.324 e. The third-order valence-electron chi connectivity index (χ3n) is 2.80. The Morgan fingerprint density at radius 2 is 1.78 bits per heavy atom. The molecule has 0 aliphatic rings. The summed E-state index contributed by atoms with van der Waals surface area (Å²) in [5, 5.41) is 0.762. The second-order valence-electron chi connectivity index (χ2n) is 4.11. The zero-order chi connectivity index (χ0) is 13.0. The van der Waals surface area contributed by atoms with Crippen LogP contribution in [0.15, 0.2) is 58.3 Å². The van der Waals surface area contributed by atoms with Gasteiger partial charge in [-0.15, -0.1) is 0 Å². The molecule has 0 saturated carbocycles. The standard InChI is InChI=1S/C15H16ClNS/c1-2-14(17)13-5-3-4-6-15(13)18-12-9-7-11(16)8-10-12/h3-10,14H,2,17H2,1H3. The predicted molar refractivity (Wildman–Crippen MR) is 79.2 cm³/mol. The van der Waals surface area contributed by atoms with Crippen molar-refractivity contribution in [3.05, 3.63) is 59.1 Å². The lowest BCUT2D eigenvalue weighted by Gasteiger charge is -2.14. The van der Waals surface area contributed by atoms with Crippen molar-refractivity contribution in [1.82, 2.24) is 0 Å². The highest BCUT2D eigenvalue weighted by Gasteiger charge is 2.09. The van der Waals surface area contributed by atoms with Crippen molar-refractivity contribution in [3.8, 4) is 0 Å². The zero-order valence-electron chi connectivity index (χ0n) is 10.3. The molecule has 0 bridgehead atoms. The minimum Gasteiger partial charge on any atom is -0.324 e. The van der Waals surface area contributed by atoms with Gasteiger partial charge < -0.3 is 5.73 Å². The van der Waals surface area contributed by atoms with Crippen LogP contribution in [-0.4, -0.2) is 0 Å². The highest BCUT2D eigenvalue weighted by molar-refractivity contribution is 7.99. The molecule has 0 aromatic heterocycles. The lowest BCUT2D eigenvalue weighted by atomic mass is 10.1. The van der Waals surface area contributed by atoms with Gasteiger partial charge in [0.2, 0.25) is 0 Å². The van der Waals surface area contributed by atoms with Crippen LogP contribution < -0.4 is 5.73 Å². The van der Waals surface area contributed by atoms with Crippen molar-refractivity contribution in [2.45, 2.75) is 29.2 Å². The van der Waals surface area contributed by atoms with Crippen LogP contribution in [0.5, 0.6) is 0 Å². The molecule has 0 amide bonds. The molecule has 2 N–H and O–H groups in total. The van der Waals surface area contributed by atoms with Gasteiger partial charge in [-0.1, -0.05) is 48.5 Å². The molecule has 2 aromatic rings. The van der Waals surface area contributed by atoms with Crippen LogP contribution in [0, 0.1) is 0 Å². The summed E-state index contributed by atoms with van der Waals surface area (Å²) in [5.41, 5.74) is 7.35. The Morgan fingerprint density at radius 1 is 1.11 bits per heavy atom. The quantitative estimate of drug-likeness (QED) is 0.860. The van der Waals surface area contributed by atoms with Gasteiger partial charge in [-0.3, -0.25) is 0 Å². The summed E-state index contributed by atoms with van der Waals surface area (Å²) in [5.74, 6) is 0. The molecular formula is C15H16ClNS. The van der Waals surface area contributed by atoms with Crippen LogP contribution in [0.4, 0.5) is 0 Å². The van der Waals surface area contributed by atoms with Gasteiger partial charge in [0.25, 0.3) is 0 Å². The fraction of sp³-hybridized carbons (Fsp3) is 0.200. The second-order valence-corrected chi connectivity index (χ2v) is 5.66. The number of rotatable bonds is 4. The average Bonchev–Trinajstić information content (AvgIpc) is 2.41. The van der Waals surface area contributed by atoms with E-state index in [9.17, 15) is 0 Å². The predicted octanol–water partition coefficient (Wildman–Crippen LogP) is 4.90. The van der Waals surface area contributed by atoms with Gasteiger partial charge >= 0.3 is 0 Å². The van der Waals surface area contributed by atoms with Crippen molar-refractivity contribution >= 4 is 23.4 Å². The summed E-state index contributed by atoms with van der Waals surface area (Å²) in [4.78, 5) is 2.39. The maximum atomic E-state index is 6.14. The van der Waals surface area contributed by atoms with Crippen molar-refractivity contribution in [1.29, 1.82) is 0 Å². The van der Waals surface area contributed by atoms with Gasteiger partial charge in [0.05, 0.1) is 0 Å². The molecule has 2 rings (SSSR count). The molecular weight excluding hydrogens is 262 g/mol. The van der Waals surface area contributed by atoms with E-state index in [2.05, 4.69) is 19.1 Å². The molecule has 0 aliphatic carbocycles. The van der Waals surface area contributed by atoms with Crippen LogP contribution in [0.2, 0.25) is 5.02 Å². The second kappa shape index (κ2) is 6.28. The molecule has 3 heteroatoms. The van der Waals surface area contributed by atoms with E-state index in [4.69, 9.17) is 17.3 Å². The maximum absolute atomic E-state index is 6.14. The number of halogens is 1. The highest BCUT2D eigenvalue weighted by Crippen LogP contribution is 2.33. The molecule has 0 radical (unpaired) electrons. The van der Waals surface area contributed by atoms with E-state index in [-0.39, 0.29) is 6.04 Å². The van der Waals surface area contributed by atoms with Crippen LogP contribution >= 0.6 is 23.4 Å². The van der Waals surface area contributed by atoms with Crippen LogP contribution in [-0.2, 0) is 0 Å². The molecule has 0 fully saturated rings. The third-order valence-corrected chi connectivity index (χ3v) is 4.15. The summed E-state index contributed by atoms with van der Waals surface area (Å²) in [6, 6.07) is 16.3. The first-order valence-corrected chi connectivity index (χ1v) is 7.18. The van der Waals surface area contributed by atoms with Gasteiger partial charge in [-0.25, -0.2) is 0 Å². The molecule has 0 heterocycles. The molecule has 0 saturated heterocycles. The summed E-state index contributed by atoms with van der Waals surface area (Å²) < 4.78 is 0. The molecule has 0 spiro atoms. The number of hydrogen-bond acceptors (Lipinski definition) is 2. The van der Waals surface area contributed by atoms with E-state index < -0.39 is 0 Å². The van der Waals surface area contributed by atoms with Crippen molar-refractivity contribution < 1.29 is 0 Å². The van der Waals surface area contributed by atoms with E-state index >= 15 is 0 Å². The fourth-order valence-electron chi connectivity index (χ4n) is 1.73. The Kier molecular flexibility index (Phi) is 4.70. The molecule has 1 atom stereocenters. The first kappa shape index (κ1) is 13.5. The zero-order valence-corrected chi connectivity index (χ0v) is 11.8. The molecule has 94 valence electrons. The molecule has 18 heavy (non-hydrogen) atoms. The number of hydrogen-bond donors (Lipinski definition) is 1. The third kappa shape index (κ3) is 3.29. The van der Waals surface area contributed by atoms with Gasteiger partial charge in [0.15, 0.2) is 0 Å². The average molecular weight is 278 g/mol. The molecule has 2 aromatic carbocycles. The monoisotopic (exact) mass is 277 g/mol. The Bertz CT molecular complexity index is 510. The fourth-order valence-corrected chi connectivity index (χ4v) is 2.87. The lowest BCUT2D eigenvalue weighted by Crippen LogP contribution is -2.09. The molecule has 0 aliphatic heterocycles. The minimum atomic E-state index is 0.0981. The normalized spacial score (nSPS) is 12.4. The summed E-state index contributed by atoms with van der Waals surface area (Å²) in [6.07, 6.45) is 0.943. The Balaban J connectivity index is 2.26. The van der Waals surface area contributed by atoms with Gasteiger partial charge in [-0.05, 0) is 42.3 Å². The number of nitrogens with two attached hydrogens (primary N) is 1. The Labute approximate surface area is 117 Å². The molecule has 1 nitrogen and oxygen atoms in total. The Hall–Kier alpha value is -0.960. The van der Waals surface area contributed by atoms with E-state index in [1.807, 2.05) is 36.4 Å². The van der Waals surface area contributed by atoms with Crippen LogP contribution in [0.1, 0.15) is 24.9 Å². The molecule has 1 unspecified atom stereocenters. The van der Waals surface area contributed by atoms with Crippen molar-refractivity contribution in [3.63, 3.8) is 0 Å².